The fraction of sp³-hybridized carbons (Fsp3) is 0.286. The molecule has 2 atom stereocenters. The SMILES string of the molecule is C#Cc1cc(C(F)(F)F)ccc1S(=O)N1CCC(O)(CO)C1.N#Cc1ccc(O)cc1F. The Bertz CT molecular complexity index is 1090. The number of benzene rings is 2. The average Bonchev–Trinajstić information content (AvgIpc) is 3.15. The molecule has 0 aromatic heterocycles. The van der Waals surface area contributed by atoms with Gasteiger partial charge in [-0.15, -0.1) is 6.42 Å². The molecule has 0 saturated carbocycles. The summed E-state index contributed by atoms with van der Waals surface area (Å²) in [7, 11) is -1.80. The number of aliphatic hydroxyl groups excluding tert-OH is 1. The first-order chi connectivity index (χ1) is 14.9. The smallest absolute Gasteiger partial charge is 0.416 e. The summed E-state index contributed by atoms with van der Waals surface area (Å²) in [6, 6.07) is 7.72. The number of phenolic OH excluding ortho intramolecular Hbond substituents is 1. The van der Waals surface area contributed by atoms with Crippen molar-refractivity contribution >= 4 is 11.0 Å². The molecule has 2 aromatic carbocycles. The maximum atomic E-state index is 12.7. The minimum absolute atomic E-state index is 0.0405. The molecule has 1 aliphatic heterocycles. The van der Waals surface area contributed by atoms with Crippen LogP contribution in [0.5, 0.6) is 5.75 Å². The lowest BCUT2D eigenvalue weighted by atomic mass is 10.1. The van der Waals surface area contributed by atoms with Crippen molar-refractivity contribution in [3.05, 3.63) is 58.9 Å². The number of hydrogen-bond donors (Lipinski definition) is 3. The third-order valence-corrected chi connectivity index (χ3v) is 6.06. The van der Waals surface area contributed by atoms with E-state index in [1.165, 1.54) is 16.4 Å². The third-order valence-electron chi connectivity index (χ3n) is 4.55. The molecule has 3 N–H and O–H groups in total. The van der Waals surface area contributed by atoms with Crippen molar-refractivity contribution in [1.29, 1.82) is 5.26 Å². The molecule has 0 aliphatic carbocycles. The van der Waals surface area contributed by atoms with E-state index in [-0.39, 0.29) is 41.3 Å². The number of phenols is 1. The summed E-state index contributed by atoms with van der Waals surface area (Å²) in [6.45, 7) is -0.272. The number of terminal acetylenes is 1. The van der Waals surface area contributed by atoms with Crippen molar-refractivity contribution in [2.45, 2.75) is 23.1 Å². The lowest BCUT2D eigenvalue weighted by Gasteiger charge is -2.20. The van der Waals surface area contributed by atoms with Crippen LogP contribution in [0.3, 0.4) is 0 Å². The van der Waals surface area contributed by atoms with Crippen molar-refractivity contribution in [1.82, 2.24) is 4.31 Å². The van der Waals surface area contributed by atoms with Crippen LogP contribution in [0.4, 0.5) is 17.6 Å². The summed E-state index contributed by atoms with van der Waals surface area (Å²) in [4.78, 5) is 0.0812. The lowest BCUT2D eigenvalue weighted by molar-refractivity contribution is -0.137. The van der Waals surface area contributed by atoms with Gasteiger partial charge < -0.3 is 15.3 Å². The molecule has 0 spiro atoms. The molecular weight excluding hydrogens is 452 g/mol. The first-order valence-corrected chi connectivity index (χ1v) is 10.1. The standard InChI is InChI=1S/C14H14F3NO3S.C7H4FNO/c1-2-10-7-11(14(15,16)17)3-4-12(10)22(21)18-6-5-13(20,8-18)9-19;8-7-3-6(10)2-1-5(7)4-9/h1,3-4,7,19-20H,5-6,8-9H2;1-3,10H. The largest absolute Gasteiger partial charge is 0.508 e. The number of β-amino-alcohol motifs (C(OH)–C–C–N with tert-alkyl or cyclic N) is 1. The molecule has 1 heterocycles. The Morgan fingerprint density at radius 2 is 1.91 bits per heavy atom. The van der Waals surface area contributed by atoms with Gasteiger partial charge in [0.25, 0.3) is 0 Å². The second-order valence-electron chi connectivity index (χ2n) is 6.87. The van der Waals surface area contributed by atoms with Gasteiger partial charge in [-0.05, 0) is 36.8 Å². The topological polar surface area (TPSA) is 105 Å². The molecule has 2 unspecified atom stereocenters. The fourth-order valence-corrected chi connectivity index (χ4v) is 4.18. The predicted octanol–water partition coefficient (Wildman–Crippen LogP) is 2.54. The van der Waals surface area contributed by atoms with Gasteiger partial charge >= 0.3 is 6.18 Å². The number of nitrogens with zero attached hydrogens (tertiary/aromatic N) is 2. The van der Waals surface area contributed by atoms with E-state index in [0.29, 0.717) is 0 Å². The Morgan fingerprint density at radius 3 is 2.41 bits per heavy atom. The molecule has 2 aromatic rings. The van der Waals surface area contributed by atoms with Crippen LogP contribution in [0.1, 0.15) is 23.1 Å². The van der Waals surface area contributed by atoms with Crippen LogP contribution in [0.2, 0.25) is 0 Å². The van der Waals surface area contributed by atoms with Crippen molar-refractivity contribution < 1.29 is 37.1 Å². The number of rotatable bonds is 3. The van der Waals surface area contributed by atoms with Gasteiger partial charge in [0, 0.05) is 24.7 Å². The summed E-state index contributed by atoms with van der Waals surface area (Å²) in [5.74, 6) is 1.25. The Labute approximate surface area is 183 Å². The first kappa shape index (κ1) is 25.3. The highest BCUT2D eigenvalue weighted by Gasteiger charge is 2.39. The van der Waals surface area contributed by atoms with Crippen LogP contribution < -0.4 is 0 Å². The fourth-order valence-electron chi connectivity index (χ4n) is 2.79. The van der Waals surface area contributed by atoms with Gasteiger partial charge in [0.15, 0.2) is 0 Å². The maximum Gasteiger partial charge on any atom is 0.416 e. The van der Waals surface area contributed by atoms with E-state index >= 15 is 0 Å². The highest BCUT2D eigenvalue weighted by Crippen LogP contribution is 2.32. The van der Waals surface area contributed by atoms with E-state index in [1.54, 1.807) is 6.07 Å². The molecule has 0 radical (unpaired) electrons. The molecule has 0 amide bonds. The lowest BCUT2D eigenvalue weighted by Crippen LogP contribution is -2.37. The predicted molar refractivity (Wildman–Crippen MR) is 107 cm³/mol. The van der Waals surface area contributed by atoms with Crippen LogP contribution in [-0.4, -0.2) is 49.1 Å². The van der Waals surface area contributed by atoms with Crippen LogP contribution in [-0.2, 0) is 17.2 Å². The van der Waals surface area contributed by atoms with Gasteiger partial charge in [-0.3, -0.25) is 0 Å². The zero-order chi connectivity index (χ0) is 24.1. The van der Waals surface area contributed by atoms with E-state index in [1.807, 2.05) is 0 Å². The summed E-state index contributed by atoms with van der Waals surface area (Å²) >= 11 is 0. The number of halogens is 4. The van der Waals surface area contributed by atoms with E-state index in [4.69, 9.17) is 21.9 Å². The van der Waals surface area contributed by atoms with Gasteiger partial charge in [0.1, 0.15) is 34.2 Å². The molecular formula is C21H18F4N2O4S. The molecule has 1 fully saturated rings. The summed E-state index contributed by atoms with van der Waals surface area (Å²) in [5.41, 5.74) is -2.42. The van der Waals surface area contributed by atoms with Crippen LogP contribution in [0, 0.1) is 29.5 Å². The Hall–Kier alpha value is -2.96. The second kappa shape index (κ2) is 10.1. The monoisotopic (exact) mass is 470 g/mol. The number of aliphatic hydroxyl groups is 2. The molecule has 6 nitrogen and oxygen atoms in total. The first-order valence-electron chi connectivity index (χ1n) is 9.00. The van der Waals surface area contributed by atoms with Crippen molar-refractivity contribution in [3.8, 4) is 24.2 Å². The Balaban J connectivity index is 0.000000303. The normalized spacial score (nSPS) is 19.4. The Morgan fingerprint density at radius 1 is 1.22 bits per heavy atom. The summed E-state index contributed by atoms with van der Waals surface area (Å²) in [5, 5.41) is 35.9. The number of nitriles is 1. The Kier molecular flexibility index (Phi) is 7.99. The van der Waals surface area contributed by atoms with Gasteiger partial charge in [0.2, 0.25) is 0 Å². The van der Waals surface area contributed by atoms with E-state index in [2.05, 4.69) is 5.92 Å². The van der Waals surface area contributed by atoms with Gasteiger partial charge in [-0.2, -0.15) is 18.4 Å². The summed E-state index contributed by atoms with van der Waals surface area (Å²) in [6.07, 6.45) is 0.911. The van der Waals surface area contributed by atoms with Crippen molar-refractivity contribution in [3.63, 3.8) is 0 Å². The molecule has 32 heavy (non-hydrogen) atoms. The molecule has 1 aliphatic rings. The van der Waals surface area contributed by atoms with Gasteiger partial charge in [0.05, 0.1) is 22.6 Å². The van der Waals surface area contributed by atoms with Gasteiger partial charge in [-0.1, -0.05) is 5.92 Å². The number of hydrogen-bond acceptors (Lipinski definition) is 5. The van der Waals surface area contributed by atoms with Crippen LogP contribution in [0.15, 0.2) is 41.3 Å². The van der Waals surface area contributed by atoms with Gasteiger partial charge in [-0.25, -0.2) is 12.9 Å². The average molecular weight is 470 g/mol. The molecule has 170 valence electrons. The van der Waals surface area contributed by atoms with Crippen molar-refractivity contribution in [2.24, 2.45) is 0 Å². The third kappa shape index (κ3) is 6.05. The number of alkyl halides is 3. The summed E-state index contributed by atoms with van der Waals surface area (Å²) < 4.78 is 64.3. The van der Waals surface area contributed by atoms with Crippen LogP contribution >= 0.6 is 0 Å². The van der Waals surface area contributed by atoms with Crippen molar-refractivity contribution in [2.75, 3.05) is 19.7 Å². The zero-order valence-corrected chi connectivity index (χ0v) is 17.3. The van der Waals surface area contributed by atoms with E-state index in [9.17, 15) is 26.9 Å². The quantitative estimate of drug-likeness (QED) is 0.473. The molecule has 3 rings (SSSR count). The van der Waals surface area contributed by atoms with E-state index in [0.717, 1.165) is 24.3 Å². The maximum absolute atomic E-state index is 12.7. The molecule has 11 heteroatoms. The molecule has 1 saturated heterocycles. The number of aromatic hydroxyl groups is 1. The second-order valence-corrected chi connectivity index (χ2v) is 8.33. The minimum atomic E-state index is -4.53. The minimum Gasteiger partial charge on any atom is -0.508 e. The highest BCUT2D eigenvalue weighted by atomic mass is 32.2. The van der Waals surface area contributed by atoms with E-state index < -0.39 is 40.8 Å². The van der Waals surface area contributed by atoms with Crippen LogP contribution in [0.25, 0.3) is 0 Å². The molecule has 0 bridgehead atoms. The zero-order valence-electron chi connectivity index (χ0n) is 16.4. The highest BCUT2D eigenvalue weighted by molar-refractivity contribution is 7.82.